The lowest BCUT2D eigenvalue weighted by molar-refractivity contribution is -0.129. The number of carbonyl (C=O) groups excluding carboxylic acids is 1. The fraction of sp³-hybridized carbons (Fsp3) is 0.500. The van der Waals surface area contributed by atoms with E-state index in [0.717, 1.165) is 5.69 Å². The highest BCUT2D eigenvalue weighted by Gasteiger charge is 2.27. The van der Waals surface area contributed by atoms with Crippen molar-refractivity contribution < 1.29 is 14.7 Å². The molecule has 1 aromatic rings. The lowest BCUT2D eigenvalue weighted by atomic mass is 10.1. The summed E-state index contributed by atoms with van der Waals surface area (Å²) in [5.41, 5.74) is 1.63. The van der Waals surface area contributed by atoms with Gasteiger partial charge in [-0.1, -0.05) is 0 Å². The van der Waals surface area contributed by atoms with Crippen molar-refractivity contribution in [3.63, 3.8) is 0 Å². The molecule has 0 fully saturated rings. The molecule has 0 atom stereocenters. The monoisotopic (exact) mass is 223 g/mol. The van der Waals surface area contributed by atoms with Gasteiger partial charge in [0.15, 0.2) is 5.69 Å². The third-order valence-electron chi connectivity index (χ3n) is 2.84. The molecule has 6 nitrogen and oxygen atoms in total. The number of aromatic carboxylic acids is 1. The van der Waals surface area contributed by atoms with Crippen molar-refractivity contribution >= 4 is 11.9 Å². The number of fused-ring (bicyclic) bond motifs is 1. The maximum absolute atomic E-state index is 11.2. The van der Waals surface area contributed by atoms with Gasteiger partial charge in [0.2, 0.25) is 5.91 Å². The van der Waals surface area contributed by atoms with E-state index in [-0.39, 0.29) is 11.6 Å². The molecule has 1 amide bonds. The van der Waals surface area contributed by atoms with Crippen molar-refractivity contribution in [1.29, 1.82) is 0 Å². The second-order valence-corrected chi connectivity index (χ2v) is 3.89. The summed E-state index contributed by atoms with van der Waals surface area (Å²) < 4.78 is 1.37. The number of carboxylic acids is 1. The Hall–Kier alpha value is -1.85. The van der Waals surface area contributed by atoms with E-state index in [1.165, 1.54) is 11.6 Å². The van der Waals surface area contributed by atoms with E-state index in [9.17, 15) is 9.59 Å². The Kier molecular flexibility index (Phi) is 2.41. The van der Waals surface area contributed by atoms with Crippen LogP contribution >= 0.6 is 0 Å². The minimum atomic E-state index is -0.998. The van der Waals surface area contributed by atoms with Gasteiger partial charge in [0.25, 0.3) is 0 Å². The third-order valence-corrected chi connectivity index (χ3v) is 2.84. The molecule has 6 heteroatoms. The molecule has 16 heavy (non-hydrogen) atoms. The second kappa shape index (κ2) is 3.62. The van der Waals surface area contributed by atoms with Gasteiger partial charge < -0.3 is 10.0 Å². The number of aryl methyl sites for hydroxylation is 1. The molecule has 1 aliphatic rings. The van der Waals surface area contributed by atoms with Crippen molar-refractivity contribution in [1.82, 2.24) is 14.7 Å². The maximum atomic E-state index is 11.2. The van der Waals surface area contributed by atoms with Crippen molar-refractivity contribution in [3.05, 3.63) is 17.0 Å². The first-order valence-corrected chi connectivity index (χ1v) is 5.04. The highest BCUT2D eigenvalue weighted by Crippen LogP contribution is 2.21. The van der Waals surface area contributed by atoms with E-state index in [1.54, 1.807) is 11.9 Å². The van der Waals surface area contributed by atoms with E-state index in [0.29, 0.717) is 25.1 Å². The molecule has 1 aromatic heterocycles. The van der Waals surface area contributed by atoms with Gasteiger partial charge in [0, 0.05) is 39.0 Å². The Balaban J connectivity index is 2.42. The van der Waals surface area contributed by atoms with Crippen molar-refractivity contribution in [2.75, 3.05) is 6.54 Å². The van der Waals surface area contributed by atoms with Crippen LogP contribution in [0.3, 0.4) is 0 Å². The van der Waals surface area contributed by atoms with Crippen LogP contribution < -0.4 is 0 Å². The zero-order valence-electron chi connectivity index (χ0n) is 9.23. The van der Waals surface area contributed by atoms with E-state index in [4.69, 9.17) is 5.11 Å². The highest BCUT2D eigenvalue weighted by molar-refractivity contribution is 5.88. The summed E-state index contributed by atoms with van der Waals surface area (Å²) in [6.07, 6.45) is 0.621. The second-order valence-electron chi connectivity index (χ2n) is 3.89. The normalized spacial score (nSPS) is 14.8. The Morgan fingerprint density at radius 2 is 2.12 bits per heavy atom. The van der Waals surface area contributed by atoms with Crippen LogP contribution in [0, 0.1) is 0 Å². The number of rotatable bonds is 1. The van der Waals surface area contributed by atoms with E-state index < -0.39 is 5.97 Å². The van der Waals surface area contributed by atoms with Gasteiger partial charge in [-0.15, -0.1) is 0 Å². The van der Waals surface area contributed by atoms with E-state index in [1.807, 2.05) is 0 Å². The Labute approximate surface area is 92.5 Å². The maximum Gasteiger partial charge on any atom is 0.354 e. The summed E-state index contributed by atoms with van der Waals surface area (Å²) >= 11 is 0. The molecule has 1 aliphatic heterocycles. The predicted octanol–water partition coefficient (Wildman–Crippen LogP) is 0.0229. The Morgan fingerprint density at radius 3 is 2.69 bits per heavy atom. The van der Waals surface area contributed by atoms with Crippen molar-refractivity contribution in [3.8, 4) is 0 Å². The van der Waals surface area contributed by atoms with Crippen LogP contribution in [0.1, 0.15) is 28.7 Å². The van der Waals surface area contributed by atoms with Crippen LogP contribution in [-0.4, -0.2) is 38.2 Å². The van der Waals surface area contributed by atoms with Gasteiger partial charge in [0.05, 0.1) is 5.69 Å². The number of amides is 1. The lowest BCUT2D eigenvalue weighted by Gasteiger charge is -2.25. The van der Waals surface area contributed by atoms with Gasteiger partial charge >= 0.3 is 5.97 Å². The molecule has 0 bridgehead atoms. The van der Waals surface area contributed by atoms with Gasteiger partial charge in [-0.2, -0.15) is 5.10 Å². The topological polar surface area (TPSA) is 75.4 Å². The first-order chi connectivity index (χ1) is 7.50. The van der Waals surface area contributed by atoms with Gasteiger partial charge in [-0.05, 0) is 0 Å². The fourth-order valence-corrected chi connectivity index (χ4v) is 2.04. The quantitative estimate of drug-likeness (QED) is 0.728. The molecule has 86 valence electrons. The Bertz CT molecular complexity index is 464. The summed E-state index contributed by atoms with van der Waals surface area (Å²) in [7, 11) is 1.61. The SMILES string of the molecule is CC(=O)N1CCc2nn(C)c(C(=O)O)c2C1. The number of aromatic nitrogens is 2. The summed E-state index contributed by atoms with van der Waals surface area (Å²) in [5, 5.41) is 13.2. The van der Waals surface area contributed by atoms with Crippen molar-refractivity contribution in [2.24, 2.45) is 7.05 Å². The smallest absolute Gasteiger partial charge is 0.354 e. The predicted molar refractivity (Wildman–Crippen MR) is 55.0 cm³/mol. The molecule has 0 saturated carbocycles. The average molecular weight is 223 g/mol. The van der Waals surface area contributed by atoms with Gasteiger partial charge in [-0.25, -0.2) is 4.79 Å². The van der Waals surface area contributed by atoms with Gasteiger partial charge in [-0.3, -0.25) is 9.48 Å². The summed E-state index contributed by atoms with van der Waals surface area (Å²) in [6, 6.07) is 0. The molecule has 0 spiro atoms. The molecule has 2 rings (SSSR count). The largest absolute Gasteiger partial charge is 0.477 e. The minimum absolute atomic E-state index is 0.0363. The molecular weight excluding hydrogens is 210 g/mol. The number of hydrogen-bond donors (Lipinski definition) is 1. The van der Waals surface area contributed by atoms with Crippen LogP contribution in [0.2, 0.25) is 0 Å². The van der Waals surface area contributed by atoms with Crippen LogP contribution in [-0.2, 0) is 24.8 Å². The van der Waals surface area contributed by atoms with E-state index in [2.05, 4.69) is 5.10 Å². The molecule has 0 aromatic carbocycles. The fourth-order valence-electron chi connectivity index (χ4n) is 2.04. The molecule has 0 saturated heterocycles. The number of carboxylic acid groups (broad SMARTS) is 1. The first-order valence-electron chi connectivity index (χ1n) is 5.04. The highest BCUT2D eigenvalue weighted by atomic mass is 16.4. The summed E-state index contributed by atoms with van der Waals surface area (Å²) in [5.74, 6) is -1.03. The molecule has 0 radical (unpaired) electrons. The molecule has 0 aliphatic carbocycles. The Morgan fingerprint density at radius 1 is 1.44 bits per heavy atom. The number of hydrogen-bond acceptors (Lipinski definition) is 3. The molecular formula is C10H13N3O3. The zero-order chi connectivity index (χ0) is 11.9. The van der Waals surface area contributed by atoms with Crippen LogP contribution in [0.15, 0.2) is 0 Å². The third kappa shape index (κ3) is 1.56. The molecule has 2 heterocycles. The van der Waals surface area contributed by atoms with Crippen LogP contribution in [0.4, 0.5) is 0 Å². The van der Waals surface area contributed by atoms with E-state index >= 15 is 0 Å². The first kappa shape index (κ1) is 10.7. The summed E-state index contributed by atoms with van der Waals surface area (Å²) in [4.78, 5) is 24.0. The van der Waals surface area contributed by atoms with Crippen LogP contribution in [0.5, 0.6) is 0 Å². The molecule has 1 N–H and O–H groups in total. The van der Waals surface area contributed by atoms with Crippen LogP contribution in [0.25, 0.3) is 0 Å². The summed E-state index contributed by atoms with van der Waals surface area (Å²) in [6.45, 7) is 2.44. The van der Waals surface area contributed by atoms with Gasteiger partial charge in [0.1, 0.15) is 0 Å². The standard InChI is InChI=1S/C10H13N3O3/c1-6(14)13-4-3-8-7(5-13)9(10(15)16)12(2)11-8/h3-5H2,1-2H3,(H,15,16). The average Bonchev–Trinajstić information content (AvgIpc) is 2.51. The molecule has 0 unspecified atom stereocenters. The number of carbonyl (C=O) groups is 2. The minimum Gasteiger partial charge on any atom is -0.477 e. The lowest BCUT2D eigenvalue weighted by Crippen LogP contribution is -2.34. The number of nitrogens with zero attached hydrogens (tertiary/aromatic N) is 3. The van der Waals surface area contributed by atoms with Crippen molar-refractivity contribution in [2.45, 2.75) is 19.9 Å². The zero-order valence-corrected chi connectivity index (χ0v) is 9.23.